The minimum Gasteiger partial charge on any atom is -0.478 e. The lowest BCUT2D eigenvalue weighted by Gasteiger charge is -2.36. The summed E-state index contributed by atoms with van der Waals surface area (Å²) in [5.74, 6) is 2.46. The zero-order chi connectivity index (χ0) is 15.9. The van der Waals surface area contributed by atoms with Crippen LogP contribution in [0.5, 0.6) is 5.88 Å². The van der Waals surface area contributed by atoms with Crippen LogP contribution in [0.15, 0.2) is 12.4 Å². The third kappa shape index (κ3) is 4.80. The number of ether oxygens (including phenoxy) is 1. The molecule has 0 N–H and O–H groups in total. The maximum atomic E-state index is 5.51. The Morgan fingerprint density at radius 2 is 1.91 bits per heavy atom. The lowest BCUT2D eigenvalue weighted by atomic mass is 9.97. The molecule has 1 unspecified atom stereocenters. The van der Waals surface area contributed by atoms with Gasteiger partial charge in [0.25, 0.3) is 0 Å². The van der Waals surface area contributed by atoms with Crippen molar-refractivity contribution in [1.82, 2.24) is 14.9 Å². The summed E-state index contributed by atoms with van der Waals surface area (Å²) < 4.78 is 5.51. The van der Waals surface area contributed by atoms with Gasteiger partial charge in [-0.1, -0.05) is 12.8 Å². The van der Waals surface area contributed by atoms with Gasteiger partial charge in [0.2, 0.25) is 5.88 Å². The van der Waals surface area contributed by atoms with Crippen LogP contribution in [0.25, 0.3) is 0 Å². The van der Waals surface area contributed by atoms with E-state index in [1.54, 1.807) is 6.33 Å². The molecule has 0 aromatic carbocycles. The van der Waals surface area contributed by atoms with Gasteiger partial charge in [0, 0.05) is 25.7 Å². The van der Waals surface area contributed by atoms with Crippen molar-refractivity contribution in [3.63, 3.8) is 0 Å². The average molecular weight is 318 g/mol. The fourth-order valence-corrected chi connectivity index (χ4v) is 3.84. The predicted molar refractivity (Wildman–Crippen MR) is 93.0 cm³/mol. The van der Waals surface area contributed by atoms with E-state index in [0.29, 0.717) is 12.5 Å². The normalized spacial score (nSPS) is 23.5. The van der Waals surface area contributed by atoms with Gasteiger partial charge in [-0.05, 0) is 51.6 Å². The molecule has 1 aromatic heterocycles. The molecule has 2 aliphatic heterocycles. The monoisotopic (exact) mass is 318 g/mol. The molecular weight excluding hydrogens is 288 g/mol. The molecule has 0 saturated carbocycles. The van der Waals surface area contributed by atoms with E-state index in [9.17, 15) is 0 Å². The quantitative estimate of drug-likeness (QED) is 0.835. The SMILES string of the molecule is CCOc1cc(N2CCCC(CN3CCCCCC3)C2)ncn1. The number of anilines is 1. The molecule has 3 rings (SSSR count). The van der Waals surface area contributed by atoms with Gasteiger partial charge >= 0.3 is 0 Å². The summed E-state index contributed by atoms with van der Waals surface area (Å²) in [6.45, 7) is 8.67. The van der Waals surface area contributed by atoms with Crippen molar-refractivity contribution < 1.29 is 4.74 Å². The second-order valence-corrected chi connectivity index (χ2v) is 6.82. The average Bonchev–Trinajstić information content (AvgIpc) is 2.84. The molecule has 1 atom stereocenters. The highest BCUT2D eigenvalue weighted by Gasteiger charge is 2.23. The third-order valence-electron chi connectivity index (χ3n) is 4.98. The van der Waals surface area contributed by atoms with Crippen LogP contribution in [0.4, 0.5) is 5.82 Å². The molecule has 2 aliphatic rings. The maximum absolute atomic E-state index is 5.51. The van der Waals surface area contributed by atoms with E-state index in [1.165, 1.54) is 58.2 Å². The minimum atomic E-state index is 0.647. The first kappa shape index (κ1) is 16.5. The molecule has 0 amide bonds. The maximum Gasteiger partial charge on any atom is 0.218 e. The molecule has 128 valence electrons. The van der Waals surface area contributed by atoms with Crippen LogP contribution in [0.3, 0.4) is 0 Å². The van der Waals surface area contributed by atoms with Crippen LogP contribution >= 0.6 is 0 Å². The summed E-state index contributed by atoms with van der Waals surface area (Å²) in [6.07, 6.45) is 9.80. The van der Waals surface area contributed by atoms with Crippen LogP contribution in [0, 0.1) is 5.92 Å². The fraction of sp³-hybridized carbons (Fsp3) is 0.778. The highest BCUT2D eigenvalue weighted by Crippen LogP contribution is 2.24. The standard InChI is InChI=1S/C18H30N4O/c1-2-23-18-12-17(19-15-20-18)22-11-7-8-16(14-22)13-21-9-5-3-4-6-10-21/h12,15-16H,2-11,13-14H2,1H3. The Hall–Kier alpha value is -1.36. The second-order valence-electron chi connectivity index (χ2n) is 6.82. The molecule has 0 aliphatic carbocycles. The van der Waals surface area contributed by atoms with Crippen molar-refractivity contribution >= 4 is 5.82 Å². The van der Waals surface area contributed by atoms with Crippen molar-refractivity contribution in [1.29, 1.82) is 0 Å². The van der Waals surface area contributed by atoms with E-state index in [1.807, 2.05) is 13.0 Å². The van der Waals surface area contributed by atoms with Crippen molar-refractivity contribution in [2.75, 3.05) is 44.2 Å². The number of aromatic nitrogens is 2. The molecule has 1 aromatic rings. The van der Waals surface area contributed by atoms with E-state index in [4.69, 9.17) is 4.74 Å². The molecule has 5 heteroatoms. The summed E-state index contributed by atoms with van der Waals surface area (Å²) in [5, 5.41) is 0. The van der Waals surface area contributed by atoms with Gasteiger partial charge in [0.05, 0.1) is 6.61 Å². The van der Waals surface area contributed by atoms with Gasteiger partial charge in [-0.15, -0.1) is 0 Å². The van der Waals surface area contributed by atoms with Crippen LogP contribution in [0.1, 0.15) is 45.4 Å². The summed E-state index contributed by atoms with van der Waals surface area (Å²) >= 11 is 0. The fourth-order valence-electron chi connectivity index (χ4n) is 3.84. The number of hydrogen-bond donors (Lipinski definition) is 0. The smallest absolute Gasteiger partial charge is 0.218 e. The Morgan fingerprint density at radius 3 is 2.70 bits per heavy atom. The number of rotatable bonds is 5. The zero-order valence-electron chi connectivity index (χ0n) is 14.4. The molecular formula is C18H30N4O. The Kier molecular flexibility index (Phi) is 6.08. The topological polar surface area (TPSA) is 41.5 Å². The predicted octanol–water partition coefficient (Wildman–Crippen LogP) is 2.97. The molecule has 3 heterocycles. The van der Waals surface area contributed by atoms with Crippen molar-refractivity contribution in [3.05, 3.63) is 12.4 Å². The number of hydrogen-bond acceptors (Lipinski definition) is 5. The van der Waals surface area contributed by atoms with Crippen LogP contribution in [-0.4, -0.2) is 54.2 Å². The molecule has 0 radical (unpaired) electrons. The zero-order valence-corrected chi connectivity index (χ0v) is 14.4. The first-order chi connectivity index (χ1) is 11.3. The summed E-state index contributed by atoms with van der Waals surface area (Å²) in [7, 11) is 0. The van der Waals surface area contributed by atoms with E-state index < -0.39 is 0 Å². The number of piperidine rings is 1. The Labute approximate surface area is 140 Å². The molecule has 2 saturated heterocycles. The van der Waals surface area contributed by atoms with Crippen LogP contribution in [-0.2, 0) is 0 Å². The number of nitrogens with zero attached hydrogens (tertiary/aromatic N) is 4. The Balaban J connectivity index is 1.58. The minimum absolute atomic E-state index is 0.647. The third-order valence-corrected chi connectivity index (χ3v) is 4.98. The molecule has 2 fully saturated rings. The van der Waals surface area contributed by atoms with E-state index in [0.717, 1.165) is 24.8 Å². The van der Waals surface area contributed by atoms with Gasteiger partial charge in [0.1, 0.15) is 12.1 Å². The van der Waals surface area contributed by atoms with Gasteiger partial charge in [0.15, 0.2) is 0 Å². The molecule has 23 heavy (non-hydrogen) atoms. The summed E-state index contributed by atoms with van der Waals surface area (Å²) in [6, 6.07) is 1.98. The van der Waals surface area contributed by atoms with Crippen molar-refractivity contribution in [2.45, 2.75) is 45.4 Å². The van der Waals surface area contributed by atoms with Crippen LogP contribution < -0.4 is 9.64 Å². The number of likely N-dealkylation sites (tertiary alicyclic amines) is 1. The highest BCUT2D eigenvalue weighted by molar-refractivity contribution is 5.41. The Bertz CT molecular complexity index is 474. The van der Waals surface area contributed by atoms with E-state index in [2.05, 4.69) is 19.8 Å². The first-order valence-corrected chi connectivity index (χ1v) is 9.27. The Morgan fingerprint density at radius 1 is 1.09 bits per heavy atom. The van der Waals surface area contributed by atoms with Gasteiger partial charge < -0.3 is 14.5 Å². The highest BCUT2D eigenvalue weighted by atomic mass is 16.5. The molecule has 0 spiro atoms. The van der Waals surface area contributed by atoms with E-state index >= 15 is 0 Å². The lowest BCUT2D eigenvalue weighted by Crippen LogP contribution is -2.41. The first-order valence-electron chi connectivity index (χ1n) is 9.27. The van der Waals surface area contributed by atoms with Crippen molar-refractivity contribution in [2.24, 2.45) is 5.92 Å². The van der Waals surface area contributed by atoms with Gasteiger partial charge in [-0.25, -0.2) is 9.97 Å². The van der Waals surface area contributed by atoms with E-state index in [-0.39, 0.29) is 0 Å². The summed E-state index contributed by atoms with van der Waals surface area (Å²) in [4.78, 5) is 13.7. The van der Waals surface area contributed by atoms with Crippen LogP contribution in [0.2, 0.25) is 0 Å². The van der Waals surface area contributed by atoms with Gasteiger partial charge in [-0.2, -0.15) is 0 Å². The van der Waals surface area contributed by atoms with Crippen molar-refractivity contribution in [3.8, 4) is 5.88 Å². The molecule has 0 bridgehead atoms. The molecule has 5 nitrogen and oxygen atoms in total. The summed E-state index contributed by atoms with van der Waals surface area (Å²) in [5.41, 5.74) is 0. The lowest BCUT2D eigenvalue weighted by molar-refractivity contribution is 0.222. The van der Waals surface area contributed by atoms with Gasteiger partial charge in [-0.3, -0.25) is 0 Å². The largest absolute Gasteiger partial charge is 0.478 e. The second kappa shape index (κ2) is 8.48.